The summed E-state index contributed by atoms with van der Waals surface area (Å²) in [6.07, 6.45) is 1.39. The van der Waals surface area contributed by atoms with Crippen molar-refractivity contribution in [3.05, 3.63) is 36.2 Å². The van der Waals surface area contributed by atoms with E-state index in [0.717, 1.165) is 43.1 Å². The summed E-state index contributed by atoms with van der Waals surface area (Å²) in [5.74, 6) is 7.82. The first kappa shape index (κ1) is 25.3. The predicted molar refractivity (Wildman–Crippen MR) is 139 cm³/mol. The zero-order valence-electron chi connectivity index (χ0n) is 19.9. The number of anilines is 5. The first-order chi connectivity index (χ1) is 17.2. The molecule has 0 spiro atoms. The molecule has 2 saturated heterocycles. The highest BCUT2D eigenvalue weighted by Gasteiger charge is 2.20. The molecule has 2 aliphatic heterocycles. The average Bonchev–Trinajstić information content (AvgIpc) is 3.33. The first-order valence-corrected chi connectivity index (χ1v) is 11.4. The normalized spacial score (nSPS) is 16.4. The molecule has 0 radical (unpaired) electrons. The van der Waals surface area contributed by atoms with E-state index in [1.54, 1.807) is 0 Å². The van der Waals surface area contributed by atoms with Crippen LogP contribution in [0.1, 0.15) is 12.5 Å². The van der Waals surface area contributed by atoms with E-state index in [1.165, 1.54) is 11.0 Å². The fourth-order valence-corrected chi connectivity index (χ4v) is 3.66. The lowest BCUT2D eigenvalue weighted by Gasteiger charge is -2.30. The van der Waals surface area contributed by atoms with Crippen LogP contribution in [0.4, 0.5) is 29.5 Å². The third-order valence-electron chi connectivity index (χ3n) is 5.66. The van der Waals surface area contributed by atoms with Crippen molar-refractivity contribution in [2.24, 2.45) is 5.10 Å². The van der Waals surface area contributed by atoms with Gasteiger partial charge in [-0.05, 0) is 24.6 Å². The number of halogens is 1. The lowest BCUT2D eigenvalue weighted by atomic mass is 10.1. The molecule has 0 amide bonds. The second kappa shape index (κ2) is 11.8. The topological polar surface area (TPSA) is 157 Å². The smallest absolute Gasteiger partial charge is 0.263 e. The van der Waals surface area contributed by atoms with Crippen LogP contribution in [-0.4, -0.2) is 88.1 Å². The molecule has 5 rings (SSSR count). The van der Waals surface area contributed by atoms with Gasteiger partial charge in [-0.1, -0.05) is 12.1 Å². The van der Waals surface area contributed by atoms with Crippen molar-refractivity contribution in [2.75, 3.05) is 79.0 Å². The number of aromatic nitrogens is 6. The van der Waals surface area contributed by atoms with Crippen molar-refractivity contribution in [3.63, 3.8) is 0 Å². The Bertz CT molecular complexity index is 1120. The Morgan fingerprint density at radius 3 is 2.03 bits per heavy atom. The van der Waals surface area contributed by atoms with Crippen LogP contribution in [0.25, 0.3) is 0 Å². The number of nitrogens with zero attached hydrogens (tertiary/aromatic N) is 9. The van der Waals surface area contributed by atoms with Crippen molar-refractivity contribution in [2.45, 2.75) is 6.92 Å². The van der Waals surface area contributed by atoms with Crippen LogP contribution < -0.4 is 26.4 Å². The van der Waals surface area contributed by atoms with Gasteiger partial charge in [0.05, 0.1) is 32.1 Å². The van der Waals surface area contributed by atoms with E-state index in [4.69, 9.17) is 20.3 Å². The molecule has 0 aliphatic carbocycles. The molecule has 1 aromatic carbocycles. The van der Waals surface area contributed by atoms with Gasteiger partial charge in [0.2, 0.25) is 17.8 Å². The summed E-state index contributed by atoms with van der Waals surface area (Å²) in [7, 11) is 0. The van der Waals surface area contributed by atoms with Gasteiger partial charge >= 0.3 is 0 Å². The van der Waals surface area contributed by atoms with Crippen molar-refractivity contribution < 1.29 is 9.47 Å². The molecular formula is C21H29ClN12O2. The van der Waals surface area contributed by atoms with Gasteiger partial charge in [0.1, 0.15) is 6.33 Å². The number of hydrogen-bond donors (Lipinski definition) is 3. The molecule has 2 fully saturated rings. The molecule has 4 heterocycles. The number of hydrazone groups is 1. The highest BCUT2D eigenvalue weighted by atomic mass is 35.5. The quantitative estimate of drug-likeness (QED) is 0.231. The zero-order chi connectivity index (χ0) is 24.0. The molecule has 0 bridgehead atoms. The van der Waals surface area contributed by atoms with Crippen molar-refractivity contribution in [1.82, 2.24) is 29.8 Å². The summed E-state index contributed by atoms with van der Waals surface area (Å²) < 4.78 is 12.2. The molecule has 0 saturated carbocycles. The lowest BCUT2D eigenvalue weighted by molar-refractivity contribution is 0.121. The Hall–Kier alpha value is -3.75. The third-order valence-corrected chi connectivity index (χ3v) is 5.66. The van der Waals surface area contributed by atoms with E-state index in [1.807, 2.05) is 31.2 Å². The summed E-state index contributed by atoms with van der Waals surface area (Å²) in [5, 5.41) is 15.2. The van der Waals surface area contributed by atoms with Crippen molar-refractivity contribution in [3.8, 4) is 0 Å². The Morgan fingerprint density at radius 2 is 1.50 bits per heavy atom. The van der Waals surface area contributed by atoms with Crippen LogP contribution >= 0.6 is 12.4 Å². The zero-order valence-corrected chi connectivity index (χ0v) is 20.7. The van der Waals surface area contributed by atoms with Crippen molar-refractivity contribution in [1.29, 1.82) is 0 Å². The molecule has 14 nitrogen and oxygen atoms in total. The van der Waals surface area contributed by atoms with Gasteiger partial charge < -0.3 is 30.4 Å². The first-order valence-electron chi connectivity index (χ1n) is 11.4. The van der Waals surface area contributed by atoms with Crippen molar-refractivity contribution >= 4 is 47.6 Å². The average molecular weight is 517 g/mol. The largest absolute Gasteiger partial charge is 0.378 e. The second-order valence-electron chi connectivity index (χ2n) is 8.03. The van der Waals surface area contributed by atoms with Gasteiger partial charge in [0, 0.05) is 31.9 Å². The Morgan fingerprint density at radius 1 is 0.917 bits per heavy atom. The van der Waals surface area contributed by atoms with Crippen LogP contribution in [-0.2, 0) is 9.47 Å². The molecule has 0 unspecified atom stereocenters. The maximum absolute atomic E-state index is 5.69. The van der Waals surface area contributed by atoms with Gasteiger partial charge in [-0.3, -0.25) is 0 Å². The molecular weight excluding hydrogens is 488 g/mol. The highest BCUT2D eigenvalue weighted by molar-refractivity contribution is 5.99. The minimum Gasteiger partial charge on any atom is -0.378 e. The third kappa shape index (κ3) is 6.08. The summed E-state index contributed by atoms with van der Waals surface area (Å²) in [6.45, 7) is 7.49. The van der Waals surface area contributed by atoms with E-state index >= 15 is 0 Å². The molecule has 192 valence electrons. The summed E-state index contributed by atoms with van der Waals surface area (Å²) in [6, 6.07) is 7.82. The lowest BCUT2D eigenvalue weighted by Crippen LogP contribution is -2.40. The standard InChI is InChI=1S/C21H28N12O2.ClH/c1-15(28-30-21-29-23-14-33(21)22)16-2-4-17(5-3-16)24-18-25-19(31-6-10-34-11-7-31)27-20(26-18)32-8-12-35-13-9-32;/h2-5,14H,6-13,22H2,1H3,(H,29,30)(H,24,25,26,27);1H/b28-15+;. The molecule has 2 aromatic heterocycles. The van der Waals surface area contributed by atoms with Gasteiger partial charge in [-0.25, -0.2) is 10.1 Å². The molecule has 4 N–H and O–H groups in total. The number of ether oxygens (including phenoxy) is 2. The van der Waals surface area contributed by atoms with Gasteiger partial charge in [0.25, 0.3) is 5.95 Å². The fourth-order valence-electron chi connectivity index (χ4n) is 3.66. The minimum absolute atomic E-state index is 0. The van der Waals surface area contributed by atoms with E-state index in [9.17, 15) is 0 Å². The minimum atomic E-state index is 0. The maximum Gasteiger partial charge on any atom is 0.263 e. The molecule has 2 aliphatic rings. The Labute approximate surface area is 214 Å². The second-order valence-corrected chi connectivity index (χ2v) is 8.03. The number of hydrogen-bond acceptors (Lipinski definition) is 13. The summed E-state index contributed by atoms with van der Waals surface area (Å²) in [4.78, 5) is 18.4. The van der Waals surface area contributed by atoms with Crippen LogP contribution in [0.2, 0.25) is 0 Å². The molecule has 0 atom stereocenters. The Balaban J connectivity index is 0.00000304. The number of benzene rings is 1. The van der Waals surface area contributed by atoms with E-state index in [2.05, 4.69) is 45.8 Å². The van der Waals surface area contributed by atoms with Gasteiger partial charge in [0.15, 0.2) is 0 Å². The SMILES string of the molecule is C/C(=N\Nc1nncn1N)c1ccc(Nc2nc(N3CCOCC3)nc(N3CCOCC3)n2)cc1.Cl. The van der Waals surface area contributed by atoms with Crippen LogP contribution in [0.5, 0.6) is 0 Å². The Kier molecular flexibility index (Phi) is 8.30. The number of nitrogens with one attached hydrogen (secondary N) is 2. The number of nitrogens with two attached hydrogens (primary N) is 1. The van der Waals surface area contributed by atoms with Crippen LogP contribution in [0, 0.1) is 0 Å². The van der Waals surface area contributed by atoms with E-state index in [-0.39, 0.29) is 12.4 Å². The molecule has 15 heteroatoms. The number of rotatable bonds is 7. The van der Waals surface area contributed by atoms with E-state index in [0.29, 0.717) is 50.2 Å². The van der Waals surface area contributed by atoms with Crippen LogP contribution in [0.15, 0.2) is 35.7 Å². The highest BCUT2D eigenvalue weighted by Crippen LogP contribution is 2.21. The summed E-state index contributed by atoms with van der Waals surface area (Å²) >= 11 is 0. The maximum atomic E-state index is 5.69. The molecule has 3 aromatic rings. The fraction of sp³-hybridized carbons (Fsp3) is 0.429. The van der Waals surface area contributed by atoms with Crippen LogP contribution in [0.3, 0.4) is 0 Å². The molecule has 36 heavy (non-hydrogen) atoms. The van der Waals surface area contributed by atoms with E-state index < -0.39 is 0 Å². The summed E-state index contributed by atoms with van der Waals surface area (Å²) in [5.41, 5.74) is 5.36. The monoisotopic (exact) mass is 516 g/mol. The van der Waals surface area contributed by atoms with Gasteiger partial charge in [-0.15, -0.1) is 22.6 Å². The number of morpholine rings is 2. The number of nitrogen functional groups attached to an aromatic ring is 1. The van der Waals surface area contributed by atoms with Gasteiger partial charge in [-0.2, -0.15) is 20.1 Å². The predicted octanol–water partition coefficient (Wildman–Crippen LogP) is 0.852.